The number of urea groups is 1. The quantitative estimate of drug-likeness (QED) is 0.593. The molecule has 3 fully saturated rings. The first-order chi connectivity index (χ1) is 15.5. The Hall–Kier alpha value is -2.90. The van der Waals surface area contributed by atoms with Crippen LogP contribution in [0, 0.1) is 18.3 Å². The van der Waals surface area contributed by atoms with E-state index in [1.54, 1.807) is 18.2 Å². The zero-order chi connectivity index (χ0) is 24.0. The number of rotatable bonds is 5. The van der Waals surface area contributed by atoms with Crippen LogP contribution in [-0.4, -0.2) is 46.8 Å². The van der Waals surface area contributed by atoms with Crippen LogP contribution in [0.3, 0.4) is 0 Å². The van der Waals surface area contributed by atoms with Crippen LogP contribution in [0.25, 0.3) is 0 Å². The van der Waals surface area contributed by atoms with E-state index >= 15 is 0 Å². The van der Waals surface area contributed by atoms with Crippen LogP contribution >= 0.6 is 0 Å². The van der Waals surface area contributed by atoms with E-state index in [4.69, 9.17) is 0 Å². The summed E-state index contributed by atoms with van der Waals surface area (Å²) in [6.45, 7) is 8.08. The average Bonchev–Trinajstić information content (AvgIpc) is 3.53. The molecule has 0 bridgehead atoms. The van der Waals surface area contributed by atoms with Gasteiger partial charge in [0, 0.05) is 17.3 Å². The molecule has 1 heterocycles. The number of nitrogens with zero attached hydrogens (tertiary/aromatic N) is 1. The predicted molar refractivity (Wildman–Crippen MR) is 125 cm³/mol. The van der Waals surface area contributed by atoms with Crippen LogP contribution in [0.1, 0.15) is 75.2 Å². The fourth-order valence-electron chi connectivity index (χ4n) is 4.86. The van der Waals surface area contributed by atoms with Gasteiger partial charge in [-0.05, 0) is 74.5 Å². The van der Waals surface area contributed by atoms with Gasteiger partial charge in [0.05, 0.1) is 0 Å². The Bertz CT molecular complexity index is 985. The van der Waals surface area contributed by atoms with Gasteiger partial charge in [0.15, 0.2) is 0 Å². The lowest BCUT2D eigenvalue weighted by atomic mass is 9.67. The molecule has 0 radical (unpaired) electrons. The van der Waals surface area contributed by atoms with Crippen molar-refractivity contribution in [1.82, 2.24) is 15.5 Å². The fourth-order valence-corrected chi connectivity index (χ4v) is 4.86. The number of imide groups is 1. The minimum absolute atomic E-state index is 0.162. The van der Waals surface area contributed by atoms with Crippen molar-refractivity contribution in [3.05, 3.63) is 29.3 Å². The van der Waals surface area contributed by atoms with Gasteiger partial charge in [0.1, 0.15) is 12.1 Å². The topological polar surface area (TPSA) is 108 Å². The molecule has 1 saturated heterocycles. The number of anilines is 1. The molecule has 3 aliphatic rings. The monoisotopic (exact) mass is 454 g/mol. The van der Waals surface area contributed by atoms with Crippen molar-refractivity contribution in [3.8, 4) is 0 Å². The Morgan fingerprint density at radius 3 is 2.39 bits per heavy atom. The maximum Gasteiger partial charge on any atom is 0.325 e. The highest BCUT2D eigenvalue weighted by Crippen LogP contribution is 2.43. The standard InChI is InChI=1S/C25H34N4O4/c1-15-5-6-16(21(31)26-18-7-8-18)13-19(15)27-20(30)14-29-22(32)25(28-23(29)33)11-9-17(10-12-25)24(2,3)4/h5-6,13,17-18H,7-12,14H2,1-4H3,(H,26,31)(H,27,30)(H,28,33). The van der Waals surface area contributed by atoms with E-state index in [0.29, 0.717) is 30.0 Å². The molecule has 33 heavy (non-hydrogen) atoms. The maximum absolute atomic E-state index is 13.2. The largest absolute Gasteiger partial charge is 0.349 e. The van der Waals surface area contributed by atoms with E-state index in [2.05, 4.69) is 36.7 Å². The lowest BCUT2D eigenvalue weighted by Crippen LogP contribution is -2.51. The zero-order valence-electron chi connectivity index (χ0n) is 19.9. The Morgan fingerprint density at radius 1 is 1.12 bits per heavy atom. The maximum atomic E-state index is 13.2. The van der Waals surface area contributed by atoms with Gasteiger partial charge in [-0.3, -0.25) is 19.3 Å². The Morgan fingerprint density at radius 2 is 1.79 bits per heavy atom. The smallest absolute Gasteiger partial charge is 0.325 e. The molecule has 8 heteroatoms. The number of aryl methyl sites for hydroxylation is 1. The summed E-state index contributed by atoms with van der Waals surface area (Å²) in [6, 6.07) is 4.85. The first kappa shape index (κ1) is 23.3. The molecule has 178 valence electrons. The minimum Gasteiger partial charge on any atom is -0.349 e. The third-order valence-corrected chi connectivity index (χ3v) is 7.30. The Labute approximate surface area is 194 Å². The lowest BCUT2D eigenvalue weighted by molar-refractivity contribution is -0.135. The molecular formula is C25H34N4O4. The summed E-state index contributed by atoms with van der Waals surface area (Å²) >= 11 is 0. The van der Waals surface area contributed by atoms with E-state index in [-0.39, 0.29) is 29.8 Å². The third-order valence-electron chi connectivity index (χ3n) is 7.30. The molecule has 1 aromatic rings. The van der Waals surface area contributed by atoms with E-state index in [1.807, 2.05) is 6.92 Å². The second kappa shape index (κ2) is 8.47. The number of hydrogen-bond acceptors (Lipinski definition) is 4. The zero-order valence-corrected chi connectivity index (χ0v) is 19.9. The van der Waals surface area contributed by atoms with Gasteiger partial charge in [0.25, 0.3) is 11.8 Å². The summed E-state index contributed by atoms with van der Waals surface area (Å²) in [6.07, 6.45) is 4.90. The number of carbonyl (C=O) groups excluding carboxylic acids is 4. The molecule has 2 saturated carbocycles. The number of nitrogens with one attached hydrogen (secondary N) is 3. The number of benzene rings is 1. The van der Waals surface area contributed by atoms with Crippen molar-refractivity contribution < 1.29 is 19.2 Å². The van der Waals surface area contributed by atoms with E-state index in [9.17, 15) is 19.2 Å². The number of amides is 5. The lowest BCUT2D eigenvalue weighted by Gasteiger charge is -2.40. The molecule has 3 N–H and O–H groups in total. The molecule has 8 nitrogen and oxygen atoms in total. The Kier molecular flexibility index (Phi) is 5.97. The van der Waals surface area contributed by atoms with Crippen molar-refractivity contribution in [2.45, 2.75) is 77.8 Å². The van der Waals surface area contributed by atoms with Crippen molar-refractivity contribution in [2.75, 3.05) is 11.9 Å². The summed E-state index contributed by atoms with van der Waals surface area (Å²) in [5, 5.41) is 8.57. The molecule has 0 aromatic heterocycles. The number of hydrogen-bond donors (Lipinski definition) is 3. The van der Waals surface area contributed by atoms with E-state index < -0.39 is 17.5 Å². The van der Waals surface area contributed by atoms with Gasteiger partial charge in [-0.25, -0.2) is 4.79 Å². The molecule has 0 atom stereocenters. The van der Waals surface area contributed by atoms with Crippen LogP contribution in [0.5, 0.6) is 0 Å². The highest BCUT2D eigenvalue weighted by molar-refractivity contribution is 6.10. The van der Waals surface area contributed by atoms with Crippen LogP contribution in [0.15, 0.2) is 18.2 Å². The third kappa shape index (κ3) is 4.89. The molecule has 0 unspecified atom stereocenters. The van der Waals surface area contributed by atoms with E-state index in [1.165, 1.54) is 0 Å². The normalized spacial score (nSPS) is 25.2. The Balaban J connectivity index is 1.39. The molecule has 5 amide bonds. The first-order valence-corrected chi connectivity index (χ1v) is 11.8. The van der Waals surface area contributed by atoms with Crippen LogP contribution in [-0.2, 0) is 9.59 Å². The minimum atomic E-state index is -0.893. The van der Waals surface area contributed by atoms with Crippen molar-refractivity contribution in [1.29, 1.82) is 0 Å². The highest BCUT2D eigenvalue weighted by atomic mass is 16.2. The van der Waals surface area contributed by atoms with Gasteiger partial charge in [0.2, 0.25) is 5.91 Å². The van der Waals surface area contributed by atoms with Crippen molar-refractivity contribution >= 4 is 29.4 Å². The summed E-state index contributed by atoms with van der Waals surface area (Å²) < 4.78 is 0. The first-order valence-electron chi connectivity index (χ1n) is 11.8. The van der Waals surface area contributed by atoms with Gasteiger partial charge < -0.3 is 16.0 Å². The van der Waals surface area contributed by atoms with E-state index in [0.717, 1.165) is 36.1 Å². The molecule has 1 aromatic carbocycles. The molecule has 4 rings (SSSR count). The average molecular weight is 455 g/mol. The van der Waals surface area contributed by atoms with Crippen LogP contribution in [0.2, 0.25) is 0 Å². The van der Waals surface area contributed by atoms with Gasteiger partial charge in [-0.2, -0.15) is 0 Å². The fraction of sp³-hybridized carbons (Fsp3) is 0.600. The molecule has 1 spiro atoms. The van der Waals surface area contributed by atoms with Crippen molar-refractivity contribution in [2.24, 2.45) is 11.3 Å². The molecule has 1 aliphatic heterocycles. The van der Waals surface area contributed by atoms with Crippen LogP contribution < -0.4 is 16.0 Å². The van der Waals surface area contributed by atoms with Gasteiger partial charge >= 0.3 is 6.03 Å². The highest BCUT2D eigenvalue weighted by Gasteiger charge is 2.53. The summed E-state index contributed by atoms with van der Waals surface area (Å²) in [7, 11) is 0. The van der Waals surface area contributed by atoms with Gasteiger partial charge in [-0.15, -0.1) is 0 Å². The molecule has 2 aliphatic carbocycles. The van der Waals surface area contributed by atoms with Crippen LogP contribution in [0.4, 0.5) is 10.5 Å². The summed E-state index contributed by atoms with van der Waals surface area (Å²) in [4.78, 5) is 51.9. The summed E-state index contributed by atoms with van der Waals surface area (Å²) in [5.74, 6) is -0.460. The van der Waals surface area contributed by atoms with Gasteiger partial charge in [-0.1, -0.05) is 26.8 Å². The molecular weight excluding hydrogens is 420 g/mol. The summed E-state index contributed by atoms with van der Waals surface area (Å²) in [5.41, 5.74) is 1.02. The predicted octanol–water partition coefficient (Wildman–Crippen LogP) is 3.35. The second-order valence-electron chi connectivity index (χ2n) is 10.9. The second-order valence-corrected chi connectivity index (χ2v) is 10.9. The SMILES string of the molecule is Cc1ccc(C(=O)NC2CC2)cc1NC(=O)CN1C(=O)NC2(CCC(C(C)(C)C)CC2)C1=O. The van der Waals surface area contributed by atoms with Crippen molar-refractivity contribution in [3.63, 3.8) is 0 Å². The number of carbonyl (C=O) groups is 4.